The standard InChI is InChI=1S/C24H31N3O7/c1-2-27-20(30)19(29)18(21(31)32)25-22(27)24(10-6-7-15-28)11-13-26(14-12-24)23(33)34-16-17-8-4-3-5-9-17/h3-5,8-9,28-29H,2,6-7,10-16H2,1H3,(H,31,32). The zero-order valence-corrected chi connectivity index (χ0v) is 19.3. The van der Waals surface area contributed by atoms with Gasteiger partial charge in [-0.15, -0.1) is 0 Å². The van der Waals surface area contributed by atoms with E-state index >= 15 is 0 Å². The van der Waals surface area contributed by atoms with E-state index in [1.54, 1.807) is 11.8 Å². The topological polar surface area (TPSA) is 142 Å². The van der Waals surface area contributed by atoms with Gasteiger partial charge in [0.05, 0.1) is 0 Å². The van der Waals surface area contributed by atoms with Crippen molar-refractivity contribution in [3.8, 4) is 5.75 Å². The van der Waals surface area contributed by atoms with Gasteiger partial charge in [0.15, 0.2) is 5.69 Å². The normalized spacial score (nSPS) is 15.2. The number of aliphatic hydroxyl groups is 1. The molecule has 184 valence electrons. The number of aromatic hydroxyl groups is 1. The Kier molecular flexibility index (Phi) is 8.27. The molecule has 1 aliphatic rings. The molecule has 1 saturated heterocycles. The minimum Gasteiger partial charge on any atom is -0.501 e. The first-order chi connectivity index (χ1) is 16.3. The molecule has 0 radical (unpaired) electrons. The van der Waals surface area contributed by atoms with Crippen LogP contribution < -0.4 is 5.56 Å². The van der Waals surface area contributed by atoms with E-state index in [2.05, 4.69) is 4.98 Å². The van der Waals surface area contributed by atoms with Crippen molar-refractivity contribution in [1.82, 2.24) is 14.5 Å². The molecule has 1 amide bonds. The van der Waals surface area contributed by atoms with Crippen LogP contribution in [0.2, 0.25) is 0 Å². The summed E-state index contributed by atoms with van der Waals surface area (Å²) in [6.45, 7) is 2.79. The summed E-state index contributed by atoms with van der Waals surface area (Å²) < 4.78 is 6.75. The Hall–Kier alpha value is -3.40. The summed E-state index contributed by atoms with van der Waals surface area (Å²) in [6.07, 6.45) is 2.18. The number of benzene rings is 1. The van der Waals surface area contributed by atoms with E-state index in [9.17, 15) is 29.7 Å². The Labute approximate surface area is 197 Å². The summed E-state index contributed by atoms with van der Waals surface area (Å²) in [5.74, 6) is -2.07. The Bertz CT molecular complexity index is 1060. The number of carboxylic acids is 1. The molecule has 0 aliphatic carbocycles. The molecular weight excluding hydrogens is 442 g/mol. The van der Waals surface area contributed by atoms with Gasteiger partial charge in [-0.05, 0) is 38.2 Å². The number of likely N-dealkylation sites (tertiary alicyclic amines) is 1. The van der Waals surface area contributed by atoms with Crippen molar-refractivity contribution in [1.29, 1.82) is 0 Å². The predicted molar refractivity (Wildman–Crippen MR) is 123 cm³/mol. The van der Waals surface area contributed by atoms with Crippen molar-refractivity contribution in [3.63, 3.8) is 0 Å². The number of nitrogens with zero attached hydrogens (tertiary/aromatic N) is 3. The van der Waals surface area contributed by atoms with Crippen LogP contribution >= 0.6 is 0 Å². The maximum atomic E-state index is 12.7. The van der Waals surface area contributed by atoms with E-state index in [0.29, 0.717) is 51.0 Å². The molecule has 0 unspecified atom stereocenters. The fraction of sp³-hybridized carbons (Fsp3) is 0.500. The van der Waals surface area contributed by atoms with Crippen LogP contribution in [0.5, 0.6) is 5.75 Å². The van der Waals surface area contributed by atoms with Crippen molar-refractivity contribution in [2.75, 3.05) is 19.7 Å². The van der Waals surface area contributed by atoms with Crippen LogP contribution in [0.3, 0.4) is 0 Å². The SMILES string of the molecule is CCn1c(C2(CCCCO)CCN(C(=O)OCc3ccccc3)CC2)nc(C(=O)O)c(O)c1=O. The third-order valence-electron chi connectivity index (χ3n) is 6.39. The summed E-state index contributed by atoms with van der Waals surface area (Å²) in [4.78, 5) is 42.8. The molecular formula is C24H31N3O7. The van der Waals surface area contributed by atoms with Gasteiger partial charge in [-0.25, -0.2) is 14.6 Å². The molecule has 0 bridgehead atoms. The smallest absolute Gasteiger partial charge is 0.410 e. The molecule has 34 heavy (non-hydrogen) atoms. The maximum absolute atomic E-state index is 12.7. The van der Waals surface area contributed by atoms with Gasteiger partial charge in [-0.2, -0.15) is 0 Å². The number of carboxylic acid groups (broad SMARTS) is 1. The van der Waals surface area contributed by atoms with Gasteiger partial charge in [0.25, 0.3) is 5.56 Å². The molecule has 3 rings (SSSR count). The maximum Gasteiger partial charge on any atom is 0.410 e. The van der Waals surface area contributed by atoms with Crippen LogP contribution in [0.1, 0.15) is 60.9 Å². The van der Waals surface area contributed by atoms with Crippen molar-refractivity contribution in [3.05, 3.63) is 57.8 Å². The van der Waals surface area contributed by atoms with Crippen LogP contribution in [0.15, 0.2) is 35.1 Å². The molecule has 3 N–H and O–H groups in total. The van der Waals surface area contributed by atoms with Gasteiger partial charge in [0, 0.05) is 31.7 Å². The van der Waals surface area contributed by atoms with Crippen LogP contribution in [0, 0.1) is 0 Å². The van der Waals surface area contributed by atoms with Crippen molar-refractivity contribution in [2.24, 2.45) is 0 Å². The summed E-state index contributed by atoms with van der Waals surface area (Å²) in [5.41, 5.74) is -1.27. The number of aliphatic hydroxyl groups excluding tert-OH is 1. The minimum atomic E-state index is -1.48. The molecule has 2 aromatic rings. The predicted octanol–water partition coefficient (Wildman–Crippen LogP) is 2.50. The number of rotatable bonds is 9. The third-order valence-corrected chi connectivity index (χ3v) is 6.39. The van der Waals surface area contributed by atoms with E-state index < -0.39 is 34.5 Å². The van der Waals surface area contributed by atoms with Crippen LogP contribution in [-0.4, -0.2) is 61.5 Å². The zero-order chi connectivity index (χ0) is 24.7. The van der Waals surface area contributed by atoms with Crippen molar-refractivity contribution >= 4 is 12.1 Å². The van der Waals surface area contributed by atoms with Gasteiger partial charge in [-0.3, -0.25) is 9.36 Å². The first-order valence-electron chi connectivity index (χ1n) is 11.5. The zero-order valence-electron chi connectivity index (χ0n) is 19.3. The highest BCUT2D eigenvalue weighted by molar-refractivity contribution is 5.88. The van der Waals surface area contributed by atoms with E-state index in [1.807, 2.05) is 30.3 Å². The lowest BCUT2D eigenvalue weighted by molar-refractivity contribution is 0.0681. The number of amides is 1. The molecule has 10 nitrogen and oxygen atoms in total. The molecule has 0 atom stereocenters. The monoisotopic (exact) mass is 473 g/mol. The van der Waals surface area contributed by atoms with Gasteiger partial charge >= 0.3 is 12.1 Å². The lowest BCUT2D eigenvalue weighted by Crippen LogP contribution is -2.48. The van der Waals surface area contributed by atoms with Gasteiger partial charge in [0.1, 0.15) is 12.4 Å². The number of carbonyl (C=O) groups is 2. The quantitative estimate of drug-likeness (QED) is 0.472. The fourth-order valence-corrected chi connectivity index (χ4v) is 4.48. The summed E-state index contributed by atoms with van der Waals surface area (Å²) in [5, 5.41) is 28.8. The highest BCUT2D eigenvalue weighted by atomic mass is 16.6. The fourth-order valence-electron chi connectivity index (χ4n) is 4.48. The molecule has 1 aliphatic heterocycles. The Morgan fingerprint density at radius 3 is 2.41 bits per heavy atom. The second-order valence-corrected chi connectivity index (χ2v) is 8.48. The van der Waals surface area contributed by atoms with Crippen LogP contribution in [0.4, 0.5) is 4.79 Å². The summed E-state index contributed by atoms with van der Waals surface area (Å²) in [7, 11) is 0. The minimum absolute atomic E-state index is 0.0119. The van der Waals surface area contributed by atoms with Crippen molar-refractivity contribution < 1.29 is 29.6 Å². The molecule has 1 aromatic heterocycles. The highest BCUT2D eigenvalue weighted by Crippen LogP contribution is 2.39. The number of carbonyl (C=O) groups excluding carboxylic acids is 1. The van der Waals surface area contributed by atoms with Gasteiger partial charge < -0.3 is 25.0 Å². The molecule has 0 spiro atoms. The molecule has 1 fully saturated rings. The van der Waals surface area contributed by atoms with Crippen LogP contribution in [0.25, 0.3) is 0 Å². The number of piperidine rings is 1. The average molecular weight is 474 g/mol. The summed E-state index contributed by atoms with van der Waals surface area (Å²) in [6, 6.07) is 9.37. The Morgan fingerprint density at radius 2 is 1.82 bits per heavy atom. The van der Waals surface area contributed by atoms with Crippen molar-refractivity contribution in [2.45, 2.75) is 57.6 Å². The van der Waals surface area contributed by atoms with Gasteiger partial charge in [0.2, 0.25) is 5.75 Å². The van der Waals surface area contributed by atoms with E-state index in [4.69, 9.17) is 4.74 Å². The molecule has 2 heterocycles. The number of hydrogen-bond donors (Lipinski definition) is 3. The second-order valence-electron chi connectivity index (χ2n) is 8.48. The Morgan fingerprint density at radius 1 is 1.15 bits per heavy atom. The largest absolute Gasteiger partial charge is 0.501 e. The highest BCUT2D eigenvalue weighted by Gasteiger charge is 2.41. The van der Waals surface area contributed by atoms with Crippen LogP contribution in [-0.2, 0) is 23.3 Å². The second kappa shape index (κ2) is 11.1. The van der Waals surface area contributed by atoms with E-state index in [1.165, 1.54) is 4.57 Å². The lowest BCUT2D eigenvalue weighted by Gasteiger charge is -2.42. The van der Waals surface area contributed by atoms with E-state index in [0.717, 1.165) is 5.56 Å². The average Bonchev–Trinajstić information content (AvgIpc) is 2.85. The first kappa shape index (κ1) is 25.2. The van der Waals surface area contributed by atoms with Gasteiger partial charge in [-0.1, -0.05) is 36.8 Å². The Balaban J connectivity index is 1.85. The summed E-state index contributed by atoms with van der Waals surface area (Å²) >= 11 is 0. The number of hydrogen-bond acceptors (Lipinski definition) is 7. The number of unbranched alkanes of at least 4 members (excludes halogenated alkanes) is 1. The first-order valence-corrected chi connectivity index (χ1v) is 11.5. The number of ether oxygens (including phenoxy) is 1. The molecule has 10 heteroatoms. The third kappa shape index (κ3) is 5.39. The number of aromatic nitrogens is 2. The van der Waals surface area contributed by atoms with E-state index in [-0.39, 0.29) is 19.8 Å². The lowest BCUT2D eigenvalue weighted by atomic mass is 9.73. The number of aromatic carboxylic acids is 1. The molecule has 0 saturated carbocycles. The molecule has 1 aromatic carbocycles.